The minimum atomic E-state index is -0.242. The minimum absolute atomic E-state index is 0.0236. The number of ether oxygens (including phenoxy) is 1. The monoisotopic (exact) mass is 517 g/mol. The molecule has 5 rings (SSSR count). The maximum Gasteiger partial charge on any atom is 0.309 e. The highest BCUT2D eigenvalue weighted by Gasteiger charge is 2.27. The van der Waals surface area contributed by atoms with Gasteiger partial charge in [-0.25, -0.2) is 4.98 Å². The molecule has 1 aromatic carbocycles. The second-order valence-corrected chi connectivity index (χ2v) is 10.2. The molecular weight excluding hydrogens is 482 g/mol. The van der Waals surface area contributed by atoms with Gasteiger partial charge >= 0.3 is 5.97 Å². The number of esters is 1. The Bertz CT molecular complexity index is 1290. The molecule has 1 aliphatic carbocycles. The zero-order chi connectivity index (χ0) is 26.5. The van der Waals surface area contributed by atoms with Gasteiger partial charge in [-0.15, -0.1) is 0 Å². The molecule has 200 valence electrons. The van der Waals surface area contributed by atoms with Crippen LogP contribution in [-0.2, 0) is 27.5 Å². The largest absolute Gasteiger partial charge is 0.457 e. The number of carbonyl (C=O) groups excluding carboxylic acids is 2. The summed E-state index contributed by atoms with van der Waals surface area (Å²) < 4.78 is 7.54. The SMILES string of the molecule is N=C(N)c1ccc2c(c1)nc(COC(=O)C1CCN(c3ccncc3)CC1)n2CC(=O)NC1CCCCC1. The van der Waals surface area contributed by atoms with Crippen molar-refractivity contribution in [2.45, 2.75) is 64.1 Å². The fourth-order valence-corrected chi connectivity index (χ4v) is 5.48. The molecule has 2 aromatic heterocycles. The number of nitrogens with one attached hydrogen (secondary N) is 2. The van der Waals surface area contributed by atoms with Gasteiger partial charge < -0.3 is 25.3 Å². The predicted octanol–water partition coefficient (Wildman–Crippen LogP) is 3.12. The summed E-state index contributed by atoms with van der Waals surface area (Å²) >= 11 is 0. The third-order valence-corrected chi connectivity index (χ3v) is 7.61. The van der Waals surface area contributed by atoms with Crippen LogP contribution < -0.4 is 16.0 Å². The van der Waals surface area contributed by atoms with E-state index in [-0.39, 0.29) is 42.8 Å². The van der Waals surface area contributed by atoms with E-state index in [1.165, 1.54) is 6.42 Å². The van der Waals surface area contributed by atoms with Gasteiger partial charge in [-0.1, -0.05) is 19.3 Å². The van der Waals surface area contributed by atoms with Gasteiger partial charge in [-0.2, -0.15) is 0 Å². The number of pyridine rings is 1. The van der Waals surface area contributed by atoms with Crippen molar-refractivity contribution in [1.82, 2.24) is 19.9 Å². The van der Waals surface area contributed by atoms with Crippen LogP contribution >= 0.6 is 0 Å². The van der Waals surface area contributed by atoms with E-state index in [1.807, 2.05) is 18.2 Å². The van der Waals surface area contributed by atoms with Gasteiger partial charge in [0.2, 0.25) is 5.91 Å². The predicted molar refractivity (Wildman–Crippen MR) is 145 cm³/mol. The molecule has 3 heterocycles. The summed E-state index contributed by atoms with van der Waals surface area (Å²) in [4.78, 5) is 36.9. The van der Waals surface area contributed by atoms with E-state index in [2.05, 4.69) is 20.2 Å². The molecule has 0 bridgehead atoms. The molecule has 1 saturated heterocycles. The molecule has 3 aromatic rings. The van der Waals surface area contributed by atoms with Crippen LogP contribution in [0.4, 0.5) is 5.69 Å². The van der Waals surface area contributed by atoms with Crippen molar-refractivity contribution in [3.8, 4) is 0 Å². The summed E-state index contributed by atoms with van der Waals surface area (Å²) in [6.07, 6.45) is 10.5. The number of amidine groups is 1. The molecule has 38 heavy (non-hydrogen) atoms. The van der Waals surface area contributed by atoms with Crippen molar-refractivity contribution >= 4 is 34.4 Å². The topological polar surface area (TPSA) is 139 Å². The van der Waals surface area contributed by atoms with E-state index in [1.54, 1.807) is 29.1 Å². The summed E-state index contributed by atoms with van der Waals surface area (Å²) in [7, 11) is 0. The number of anilines is 1. The van der Waals surface area contributed by atoms with Gasteiger partial charge in [0.05, 0.1) is 17.0 Å². The third-order valence-electron chi connectivity index (χ3n) is 7.61. The van der Waals surface area contributed by atoms with Crippen molar-refractivity contribution < 1.29 is 14.3 Å². The summed E-state index contributed by atoms with van der Waals surface area (Å²) in [5.41, 5.74) is 8.69. The Balaban J connectivity index is 1.26. The number of piperidine rings is 1. The first-order valence-corrected chi connectivity index (χ1v) is 13.4. The highest BCUT2D eigenvalue weighted by Crippen LogP contribution is 2.25. The van der Waals surface area contributed by atoms with Gasteiger partial charge in [-0.05, 0) is 56.0 Å². The number of amides is 1. The standard InChI is InChI=1S/C28H35N7O3/c29-27(30)20-6-7-24-23(16-20)33-25(35(24)17-26(36)32-21-4-2-1-3-5-21)18-38-28(37)19-10-14-34(15-11-19)22-8-12-31-13-9-22/h6-9,12-13,16,19,21H,1-5,10-11,14-15,17-18H2,(H3,29,30)(H,32,36). The molecule has 2 aliphatic rings. The molecule has 4 N–H and O–H groups in total. The normalized spacial score (nSPS) is 16.9. The molecule has 1 saturated carbocycles. The smallest absolute Gasteiger partial charge is 0.309 e. The highest BCUT2D eigenvalue weighted by atomic mass is 16.5. The van der Waals surface area contributed by atoms with Crippen molar-refractivity contribution in [3.05, 3.63) is 54.1 Å². The number of nitrogens with two attached hydrogens (primary N) is 1. The summed E-state index contributed by atoms with van der Waals surface area (Å²) in [5, 5.41) is 10.9. The first-order valence-electron chi connectivity index (χ1n) is 13.4. The van der Waals surface area contributed by atoms with E-state index in [0.717, 1.165) is 50.0 Å². The molecule has 0 unspecified atom stereocenters. The molecule has 1 aliphatic heterocycles. The number of imidazole rings is 1. The van der Waals surface area contributed by atoms with Gasteiger partial charge in [0.25, 0.3) is 0 Å². The van der Waals surface area contributed by atoms with Gasteiger partial charge in [0.1, 0.15) is 24.8 Å². The van der Waals surface area contributed by atoms with E-state index in [0.29, 0.717) is 29.7 Å². The Hall–Kier alpha value is -3.95. The Morgan fingerprint density at radius 1 is 1.05 bits per heavy atom. The van der Waals surface area contributed by atoms with Crippen molar-refractivity contribution in [1.29, 1.82) is 5.41 Å². The lowest BCUT2D eigenvalue weighted by atomic mass is 9.95. The second-order valence-electron chi connectivity index (χ2n) is 10.2. The molecule has 10 nitrogen and oxygen atoms in total. The molecule has 1 amide bonds. The Kier molecular flexibility index (Phi) is 7.86. The van der Waals surface area contributed by atoms with Gasteiger partial charge in [-0.3, -0.25) is 20.0 Å². The van der Waals surface area contributed by atoms with Crippen molar-refractivity contribution in [2.75, 3.05) is 18.0 Å². The lowest BCUT2D eigenvalue weighted by Gasteiger charge is -2.32. The second kappa shape index (κ2) is 11.6. The highest BCUT2D eigenvalue weighted by molar-refractivity contribution is 5.98. The molecule has 10 heteroatoms. The minimum Gasteiger partial charge on any atom is -0.457 e. The summed E-state index contributed by atoms with van der Waals surface area (Å²) in [6.45, 7) is 1.61. The first-order chi connectivity index (χ1) is 18.5. The number of carbonyl (C=O) groups is 2. The van der Waals surface area contributed by atoms with Gasteiger partial charge in [0, 0.05) is 42.8 Å². The van der Waals surface area contributed by atoms with Crippen molar-refractivity contribution in [2.24, 2.45) is 11.7 Å². The molecule has 0 spiro atoms. The lowest BCUT2D eigenvalue weighted by molar-refractivity contribution is -0.150. The number of nitrogens with zero attached hydrogens (tertiary/aromatic N) is 4. The van der Waals surface area contributed by atoms with Crippen LogP contribution in [0, 0.1) is 11.3 Å². The molecule has 0 radical (unpaired) electrons. The first kappa shape index (κ1) is 25.7. The van der Waals surface area contributed by atoms with Crippen LogP contribution in [0.3, 0.4) is 0 Å². The maximum atomic E-state index is 13.0. The Morgan fingerprint density at radius 3 is 2.50 bits per heavy atom. The molecular formula is C28H35N7O3. The Morgan fingerprint density at radius 2 is 1.79 bits per heavy atom. The fraction of sp³-hybridized carbons (Fsp3) is 0.464. The van der Waals surface area contributed by atoms with Crippen LogP contribution in [0.1, 0.15) is 56.3 Å². The van der Waals surface area contributed by atoms with E-state index < -0.39 is 0 Å². The fourth-order valence-electron chi connectivity index (χ4n) is 5.48. The lowest BCUT2D eigenvalue weighted by Crippen LogP contribution is -2.38. The third kappa shape index (κ3) is 5.95. The van der Waals surface area contributed by atoms with Crippen LogP contribution in [0.5, 0.6) is 0 Å². The van der Waals surface area contributed by atoms with Gasteiger partial charge in [0.15, 0.2) is 0 Å². The maximum absolute atomic E-state index is 13.0. The number of hydrogen-bond acceptors (Lipinski definition) is 7. The van der Waals surface area contributed by atoms with Crippen molar-refractivity contribution in [3.63, 3.8) is 0 Å². The van der Waals surface area contributed by atoms with Crippen LogP contribution in [-0.4, -0.2) is 51.4 Å². The van der Waals surface area contributed by atoms with Crippen LogP contribution in [0.2, 0.25) is 0 Å². The number of rotatable bonds is 8. The average molecular weight is 518 g/mol. The number of hydrogen-bond donors (Lipinski definition) is 3. The summed E-state index contributed by atoms with van der Waals surface area (Å²) in [6, 6.07) is 9.44. The summed E-state index contributed by atoms with van der Waals surface area (Å²) in [5.74, 6) is -0.0496. The zero-order valence-electron chi connectivity index (χ0n) is 21.6. The molecule has 0 atom stereocenters. The Labute approximate surface area is 222 Å². The zero-order valence-corrected chi connectivity index (χ0v) is 21.6. The van der Waals surface area contributed by atoms with Crippen LogP contribution in [0.15, 0.2) is 42.7 Å². The number of aromatic nitrogens is 3. The van der Waals surface area contributed by atoms with E-state index >= 15 is 0 Å². The number of fused-ring (bicyclic) bond motifs is 1. The number of benzene rings is 1. The van der Waals surface area contributed by atoms with E-state index in [4.69, 9.17) is 15.9 Å². The number of nitrogen functional groups attached to an aromatic ring is 1. The van der Waals surface area contributed by atoms with E-state index in [9.17, 15) is 9.59 Å². The van der Waals surface area contributed by atoms with Crippen LogP contribution in [0.25, 0.3) is 11.0 Å². The quantitative estimate of drug-likeness (QED) is 0.237. The molecule has 2 fully saturated rings. The average Bonchev–Trinajstić information content (AvgIpc) is 3.29.